The lowest BCUT2D eigenvalue weighted by Crippen LogP contribution is -2.30. The molecule has 17 nitrogen and oxygen atoms in total. The maximum Gasteiger partial charge on any atom is 0.472 e. The number of rotatable bonds is 71. The van der Waals surface area contributed by atoms with Crippen molar-refractivity contribution < 1.29 is 80.2 Å². The van der Waals surface area contributed by atoms with E-state index in [0.717, 1.165) is 115 Å². The third-order valence-corrected chi connectivity index (χ3v) is 18.8. The molecule has 0 aromatic heterocycles. The van der Waals surface area contributed by atoms with Crippen LogP contribution in [0.15, 0.2) is 24.3 Å². The molecule has 6 atom stereocenters. The van der Waals surface area contributed by atoms with E-state index < -0.39 is 97.5 Å². The van der Waals surface area contributed by atoms with E-state index in [1.165, 1.54) is 161 Å². The molecule has 0 saturated carbocycles. The van der Waals surface area contributed by atoms with E-state index in [0.29, 0.717) is 25.7 Å². The normalized spacial score (nSPS) is 14.5. The summed E-state index contributed by atoms with van der Waals surface area (Å²) < 4.78 is 68.4. The monoisotopic (exact) mass is 1360 g/mol. The molecule has 3 unspecified atom stereocenters. The van der Waals surface area contributed by atoms with Gasteiger partial charge in [-0.25, -0.2) is 9.13 Å². The molecule has 0 spiro atoms. The second-order valence-electron chi connectivity index (χ2n) is 26.7. The number of phosphoric ester groups is 2. The minimum absolute atomic E-state index is 0.0849. The number of carbonyl (C=O) groups is 4. The largest absolute Gasteiger partial charge is 0.472 e. The zero-order valence-corrected chi connectivity index (χ0v) is 61.8. The summed E-state index contributed by atoms with van der Waals surface area (Å²) in [6, 6.07) is 0. The summed E-state index contributed by atoms with van der Waals surface area (Å²) in [6.45, 7) is 9.51. The molecule has 0 rings (SSSR count). The number of allylic oxidation sites excluding steroid dienone is 4. The summed E-state index contributed by atoms with van der Waals surface area (Å²) in [5.41, 5.74) is 0. The zero-order chi connectivity index (χ0) is 68.6. The van der Waals surface area contributed by atoms with E-state index in [1.807, 2.05) is 0 Å². The smallest absolute Gasteiger partial charge is 0.462 e. The van der Waals surface area contributed by atoms with Crippen molar-refractivity contribution in [1.29, 1.82) is 0 Å². The van der Waals surface area contributed by atoms with E-state index in [1.54, 1.807) is 0 Å². The molecule has 19 heteroatoms. The van der Waals surface area contributed by atoms with Gasteiger partial charge >= 0.3 is 39.5 Å². The van der Waals surface area contributed by atoms with Crippen LogP contribution in [0.2, 0.25) is 0 Å². The van der Waals surface area contributed by atoms with Gasteiger partial charge in [-0.1, -0.05) is 303 Å². The fourth-order valence-electron chi connectivity index (χ4n) is 10.7. The lowest BCUT2D eigenvalue weighted by molar-refractivity contribution is -0.161. The van der Waals surface area contributed by atoms with Gasteiger partial charge in [0.1, 0.15) is 19.3 Å². The molecule has 0 aliphatic carbocycles. The van der Waals surface area contributed by atoms with Gasteiger partial charge in [-0.3, -0.25) is 37.3 Å². The first-order valence-corrected chi connectivity index (χ1v) is 40.8. The van der Waals surface area contributed by atoms with Crippen LogP contribution >= 0.6 is 15.6 Å². The molecule has 0 bridgehead atoms. The standard InChI is InChI=1S/C74H140O17P2/c1-7-10-12-14-16-18-20-21-22-23-29-33-40-46-52-58-73(78)90-69(62-85-72(77)57-51-45-39-32-28-25-24-27-30-36-42-48-54-66(4)5)64-88-92(80,81)86-60-68(75)61-87-93(82,83)89-65-70(63-84-71(76)56-50-44-38-31-26-19-17-15-13-11-8-2)91-74(79)59-53-47-41-35-34-37-43-49-55-67(6)9-3/h18,20-22,66-70,75H,7-17,19,23-65H2,1-6H3,(H,80,81)(H,82,83)/b20-18-,22-21-/t67?,68-,69-,70-/m1/s1. The summed E-state index contributed by atoms with van der Waals surface area (Å²) in [4.78, 5) is 72.7. The predicted molar refractivity (Wildman–Crippen MR) is 377 cm³/mol. The summed E-state index contributed by atoms with van der Waals surface area (Å²) in [7, 11) is -9.92. The fraction of sp³-hybridized carbons (Fsp3) is 0.892. The molecule has 0 amide bonds. The lowest BCUT2D eigenvalue weighted by Gasteiger charge is -2.21. The maximum absolute atomic E-state index is 13.1. The highest BCUT2D eigenvalue weighted by atomic mass is 31.2. The van der Waals surface area contributed by atoms with Gasteiger partial charge in [0.15, 0.2) is 12.2 Å². The predicted octanol–water partition coefficient (Wildman–Crippen LogP) is 21.1. The Morgan fingerprint density at radius 1 is 0.355 bits per heavy atom. The van der Waals surface area contributed by atoms with E-state index in [-0.39, 0.29) is 25.7 Å². The Labute approximate surface area is 567 Å². The molecule has 0 radical (unpaired) electrons. The highest BCUT2D eigenvalue weighted by Crippen LogP contribution is 2.45. The van der Waals surface area contributed by atoms with Crippen molar-refractivity contribution in [2.75, 3.05) is 39.6 Å². The van der Waals surface area contributed by atoms with E-state index in [2.05, 4.69) is 65.8 Å². The number of aliphatic hydroxyl groups is 1. The zero-order valence-electron chi connectivity index (χ0n) is 60.0. The number of aliphatic hydroxyl groups excluding tert-OH is 1. The molecule has 548 valence electrons. The topological polar surface area (TPSA) is 237 Å². The number of unbranched alkanes of at least 4 members (excludes halogenated alkanes) is 37. The summed E-state index contributed by atoms with van der Waals surface area (Å²) in [6.07, 6.45) is 54.7. The van der Waals surface area contributed by atoms with Crippen molar-refractivity contribution in [1.82, 2.24) is 0 Å². The van der Waals surface area contributed by atoms with Crippen LogP contribution in [-0.2, 0) is 65.4 Å². The van der Waals surface area contributed by atoms with Gasteiger partial charge in [0.25, 0.3) is 0 Å². The molecule has 0 saturated heterocycles. The Morgan fingerprint density at radius 2 is 0.634 bits per heavy atom. The van der Waals surface area contributed by atoms with Crippen molar-refractivity contribution >= 4 is 39.5 Å². The average Bonchev–Trinajstić information content (AvgIpc) is 3.61. The molecule has 0 heterocycles. The van der Waals surface area contributed by atoms with Crippen LogP contribution in [0.5, 0.6) is 0 Å². The second-order valence-corrected chi connectivity index (χ2v) is 29.6. The van der Waals surface area contributed by atoms with Crippen LogP contribution < -0.4 is 0 Å². The first kappa shape index (κ1) is 90.5. The first-order valence-electron chi connectivity index (χ1n) is 37.8. The van der Waals surface area contributed by atoms with E-state index in [4.69, 9.17) is 37.0 Å². The summed E-state index contributed by atoms with van der Waals surface area (Å²) >= 11 is 0. The van der Waals surface area contributed by atoms with Gasteiger partial charge < -0.3 is 33.8 Å². The highest BCUT2D eigenvalue weighted by molar-refractivity contribution is 7.47. The third-order valence-electron chi connectivity index (χ3n) is 16.9. The van der Waals surface area contributed by atoms with Crippen molar-refractivity contribution in [2.24, 2.45) is 11.8 Å². The van der Waals surface area contributed by atoms with Gasteiger partial charge in [-0.2, -0.15) is 0 Å². The number of carbonyl (C=O) groups excluding carboxylic acids is 4. The fourth-order valence-corrected chi connectivity index (χ4v) is 12.3. The Bertz CT molecular complexity index is 1900. The quantitative estimate of drug-likeness (QED) is 0.0169. The number of phosphoric acid groups is 2. The molecule has 0 fully saturated rings. The van der Waals surface area contributed by atoms with Crippen LogP contribution in [-0.4, -0.2) is 96.7 Å². The number of hydrogen-bond acceptors (Lipinski definition) is 15. The molecule has 93 heavy (non-hydrogen) atoms. The van der Waals surface area contributed by atoms with Gasteiger partial charge in [0.05, 0.1) is 26.4 Å². The maximum atomic E-state index is 13.1. The van der Waals surface area contributed by atoms with Crippen LogP contribution in [0.3, 0.4) is 0 Å². The SMILES string of the molecule is CCCCCC/C=C\C=C/CCCCCCCC(=O)O[C@H](COC(=O)CCCCCCCCCCCCCCC(C)C)COP(=O)(O)OC[C@@H](O)COP(=O)(O)OC[C@@H](COC(=O)CCCCCCCCCCCCC)OC(=O)CCCCCCCCCCC(C)CC. The van der Waals surface area contributed by atoms with E-state index in [9.17, 15) is 43.2 Å². The van der Waals surface area contributed by atoms with Crippen molar-refractivity contribution in [3.05, 3.63) is 24.3 Å². The first-order chi connectivity index (χ1) is 44.9. The van der Waals surface area contributed by atoms with Crippen LogP contribution in [0.4, 0.5) is 0 Å². The van der Waals surface area contributed by atoms with Gasteiger partial charge in [0.2, 0.25) is 0 Å². The van der Waals surface area contributed by atoms with Gasteiger partial charge in [-0.15, -0.1) is 0 Å². The van der Waals surface area contributed by atoms with Crippen LogP contribution in [0.25, 0.3) is 0 Å². The second kappa shape index (κ2) is 65.5. The summed E-state index contributed by atoms with van der Waals surface area (Å²) in [5.74, 6) is -0.602. The average molecular weight is 1360 g/mol. The minimum Gasteiger partial charge on any atom is -0.462 e. The molecule has 0 aromatic rings. The Morgan fingerprint density at radius 3 is 0.968 bits per heavy atom. The molecule has 3 N–H and O–H groups in total. The van der Waals surface area contributed by atoms with Crippen molar-refractivity contribution in [2.45, 2.75) is 374 Å². The van der Waals surface area contributed by atoms with Crippen LogP contribution in [0.1, 0.15) is 356 Å². The van der Waals surface area contributed by atoms with Crippen molar-refractivity contribution in [3.8, 4) is 0 Å². The molecular formula is C74H140O17P2. The third kappa shape index (κ3) is 66.6. The van der Waals surface area contributed by atoms with E-state index >= 15 is 0 Å². The number of esters is 4. The van der Waals surface area contributed by atoms with Crippen LogP contribution in [0, 0.1) is 11.8 Å². The van der Waals surface area contributed by atoms with Crippen molar-refractivity contribution in [3.63, 3.8) is 0 Å². The molecule has 0 aromatic carbocycles. The summed E-state index contributed by atoms with van der Waals surface area (Å²) in [5, 5.41) is 10.6. The number of ether oxygens (including phenoxy) is 4. The number of hydrogen-bond donors (Lipinski definition) is 3. The lowest BCUT2D eigenvalue weighted by atomic mass is 9.99. The Hall–Kier alpha value is -2.46. The minimum atomic E-state index is -4.96. The molecule has 0 aliphatic heterocycles. The molecule has 0 aliphatic rings. The highest BCUT2D eigenvalue weighted by Gasteiger charge is 2.30. The van der Waals surface area contributed by atoms with Gasteiger partial charge in [0, 0.05) is 25.7 Å². The molecular weight excluding hydrogens is 1220 g/mol. The Kier molecular flexibility index (Phi) is 63.7. The Balaban J connectivity index is 5.30. The van der Waals surface area contributed by atoms with Gasteiger partial charge in [-0.05, 0) is 63.2 Å².